The topological polar surface area (TPSA) is 95.7 Å². The van der Waals surface area contributed by atoms with Crippen LogP contribution in [0.15, 0.2) is 4.52 Å². The van der Waals surface area contributed by atoms with Crippen molar-refractivity contribution in [3.63, 3.8) is 0 Å². The summed E-state index contributed by atoms with van der Waals surface area (Å²) in [4.78, 5) is 27.2. The van der Waals surface area contributed by atoms with E-state index in [-0.39, 0.29) is 23.9 Å². The summed E-state index contributed by atoms with van der Waals surface area (Å²) in [5.74, 6) is 0.304. The number of hydrogen-bond donors (Lipinski definition) is 2. The summed E-state index contributed by atoms with van der Waals surface area (Å²) >= 11 is 0. The fourth-order valence-corrected chi connectivity index (χ4v) is 5.22. The van der Waals surface area contributed by atoms with Crippen molar-refractivity contribution in [2.45, 2.75) is 90.8 Å². The highest BCUT2D eigenvalue weighted by Crippen LogP contribution is 2.53. The largest absolute Gasteiger partial charge is 0.390 e. The van der Waals surface area contributed by atoms with E-state index in [0.29, 0.717) is 36.4 Å². The van der Waals surface area contributed by atoms with Gasteiger partial charge in [-0.2, -0.15) is 0 Å². The number of fused-ring (bicyclic) bond motifs is 1. The van der Waals surface area contributed by atoms with E-state index in [9.17, 15) is 14.7 Å². The summed E-state index contributed by atoms with van der Waals surface area (Å²) in [5.41, 5.74) is -0.104. The summed E-state index contributed by atoms with van der Waals surface area (Å²) in [7, 11) is 0. The molecule has 2 N–H and O–H groups in total. The molecule has 2 amide bonds. The van der Waals surface area contributed by atoms with Gasteiger partial charge < -0.3 is 19.8 Å². The monoisotopic (exact) mass is 391 g/mol. The van der Waals surface area contributed by atoms with E-state index in [2.05, 4.69) is 17.4 Å². The van der Waals surface area contributed by atoms with Crippen molar-refractivity contribution in [3.8, 4) is 0 Å². The molecule has 28 heavy (non-hydrogen) atoms. The smallest absolute Gasteiger partial charge is 0.259 e. The Kier molecular flexibility index (Phi) is 5.58. The van der Waals surface area contributed by atoms with Crippen molar-refractivity contribution < 1.29 is 19.2 Å². The Morgan fingerprint density at radius 2 is 2.07 bits per heavy atom. The lowest BCUT2D eigenvalue weighted by Gasteiger charge is -2.43. The molecule has 1 aromatic rings. The number of nitrogens with zero attached hydrogens (tertiary/aromatic N) is 2. The molecule has 3 rings (SSSR count). The van der Waals surface area contributed by atoms with Gasteiger partial charge >= 0.3 is 0 Å². The van der Waals surface area contributed by atoms with Crippen molar-refractivity contribution in [1.82, 2.24) is 15.4 Å². The zero-order valence-corrected chi connectivity index (χ0v) is 17.7. The molecule has 2 fully saturated rings. The maximum Gasteiger partial charge on any atom is 0.259 e. The standard InChI is InChI=1S/C21H33N3O4/c1-6-16-18(13(2)28-23-16)19(26)24-15(12-22-14(3)25)11-20(4)17(24)9-7-8-10-21(20,5)27/h15,17,27H,6-12H2,1-5H3,(H,22,25)/t15-,17-,20-,21+/m1/s1. The summed E-state index contributed by atoms with van der Waals surface area (Å²) in [6.07, 6.45) is 4.76. The molecule has 7 heteroatoms. The van der Waals surface area contributed by atoms with Gasteiger partial charge in [-0.15, -0.1) is 0 Å². The Morgan fingerprint density at radius 1 is 1.36 bits per heavy atom. The first-order valence-electron chi connectivity index (χ1n) is 10.4. The maximum absolute atomic E-state index is 13.7. The van der Waals surface area contributed by atoms with Crippen LogP contribution in [0.1, 0.15) is 81.6 Å². The number of carbonyl (C=O) groups is 2. The number of likely N-dealkylation sites (tertiary alicyclic amines) is 1. The molecule has 2 heterocycles. The number of rotatable bonds is 4. The number of nitrogens with one attached hydrogen (secondary N) is 1. The Bertz CT molecular complexity index is 757. The SMILES string of the molecule is CCc1noc(C)c1C(=O)N1[C@@H](CNC(C)=O)C[C@]2(C)[C@H]1CCCC[C@]2(C)O. The van der Waals surface area contributed by atoms with E-state index in [1.807, 2.05) is 18.7 Å². The third-order valence-electron chi connectivity index (χ3n) is 7.05. The number of amides is 2. The van der Waals surface area contributed by atoms with Gasteiger partial charge in [-0.3, -0.25) is 9.59 Å². The minimum atomic E-state index is -0.866. The predicted molar refractivity (Wildman–Crippen MR) is 105 cm³/mol. The van der Waals surface area contributed by atoms with Gasteiger partial charge in [-0.05, 0) is 39.5 Å². The highest BCUT2D eigenvalue weighted by Gasteiger charge is 2.59. The molecule has 0 unspecified atom stereocenters. The third kappa shape index (κ3) is 3.34. The first-order valence-corrected chi connectivity index (χ1v) is 10.4. The molecular formula is C21H33N3O4. The van der Waals surface area contributed by atoms with Crippen LogP contribution in [0.3, 0.4) is 0 Å². The number of carbonyl (C=O) groups excluding carboxylic acids is 2. The van der Waals surface area contributed by atoms with Crippen LogP contribution >= 0.6 is 0 Å². The number of aromatic nitrogens is 1. The average Bonchev–Trinajstić information content (AvgIpc) is 3.11. The first-order chi connectivity index (χ1) is 13.1. The minimum absolute atomic E-state index is 0.0877. The zero-order valence-electron chi connectivity index (χ0n) is 17.7. The highest BCUT2D eigenvalue weighted by atomic mass is 16.5. The quantitative estimate of drug-likeness (QED) is 0.822. The van der Waals surface area contributed by atoms with Crippen LogP contribution in [0, 0.1) is 12.3 Å². The summed E-state index contributed by atoms with van der Waals surface area (Å²) in [6, 6.07) is -0.259. The van der Waals surface area contributed by atoms with E-state index in [0.717, 1.165) is 25.7 Å². The highest BCUT2D eigenvalue weighted by molar-refractivity contribution is 5.97. The van der Waals surface area contributed by atoms with E-state index < -0.39 is 11.0 Å². The molecule has 7 nitrogen and oxygen atoms in total. The fourth-order valence-electron chi connectivity index (χ4n) is 5.22. The molecule has 1 aliphatic carbocycles. The molecule has 0 bridgehead atoms. The van der Waals surface area contributed by atoms with Crippen LogP contribution in [-0.2, 0) is 11.2 Å². The Labute approximate surface area is 166 Å². The van der Waals surface area contributed by atoms with Gasteiger partial charge in [0.25, 0.3) is 5.91 Å². The van der Waals surface area contributed by atoms with Gasteiger partial charge in [0.1, 0.15) is 11.3 Å². The number of aliphatic hydroxyl groups is 1. The second-order valence-electron chi connectivity index (χ2n) is 8.87. The molecular weight excluding hydrogens is 358 g/mol. The van der Waals surface area contributed by atoms with E-state index in [4.69, 9.17) is 4.52 Å². The van der Waals surface area contributed by atoms with Crippen molar-refractivity contribution in [2.75, 3.05) is 6.54 Å². The van der Waals surface area contributed by atoms with Crippen LogP contribution in [0.25, 0.3) is 0 Å². The van der Waals surface area contributed by atoms with Gasteiger partial charge in [0.05, 0.1) is 17.3 Å². The van der Waals surface area contributed by atoms with E-state index in [1.165, 1.54) is 6.92 Å². The van der Waals surface area contributed by atoms with Crippen LogP contribution < -0.4 is 5.32 Å². The van der Waals surface area contributed by atoms with Crippen LogP contribution in [0.4, 0.5) is 0 Å². The van der Waals surface area contributed by atoms with Crippen LogP contribution in [0.5, 0.6) is 0 Å². The van der Waals surface area contributed by atoms with Gasteiger partial charge in [-0.1, -0.05) is 31.8 Å². The summed E-state index contributed by atoms with van der Waals surface area (Å²) < 4.78 is 5.31. The molecule has 0 radical (unpaired) electrons. The Hall–Kier alpha value is -1.89. The minimum Gasteiger partial charge on any atom is -0.390 e. The zero-order chi connectivity index (χ0) is 20.7. The second-order valence-corrected chi connectivity index (χ2v) is 8.87. The van der Waals surface area contributed by atoms with E-state index >= 15 is 0 Å². The average molecular weight is 392 g/mol. The maximum atomic E-state index is 13.7. The lowest BCUT2D eigenvalue weighted by atomic mass is 9.67. The first kappa shape index (κ1) is 20.8. The Balaban J connectivity index is 2.04. The van der Waals surface area contributed by atoms with Gasteiger partial charge in [0.2, 0.25) is 5.91 Å². The molecule has 1 aromatic heterocycles. The lowest BCUT2D eigenvalue weighted by molar-refractivity contribution is -0.119. The van der Waals surface area contributed by atoms with Crippen molar-refractivity contribution in [1.29, 1.82) is 0 Å². The summed E-state index contributed by atoms with van der Waals surface area (Å²) in [5, 5.41) is 18.2. The normalized spacial score (nSPS) is 32.7. The van der Waals surface area contributed by atoms with Crippen LogP contribution in [-0.4, -0.2) is 51.2 Å². The molecule has 0 spiro atoms. The van der Waals surface area contributed by atoms with Crippen LogP contribution in [0.2, 0.25) is 0 Å². The molecule has 1 saturated carbocycles. The van der Waals surface area contributed by atoms with Crippen molar-refractivity contribution in [3.05, 3.63) is 17.0 Å². The number of hydrogen-bond acceptors (Lipinski definition) is 5. The van der Waals surface area contributed by atoms with Gasteiger partial charge in [0.15, 0.2) is 0 Å². The molecule has 156 valence electrons. The number of aryl methyl sites for hydroxylation is 2. The van der Waals surface area contributed by atoms with E-state index in [1.54, 1.807) is 6.92 Å². The van der Waals surface area contributed by atoms with Crippen molar-refractivity contribution >= 4 is 11.8 Å². The molecule has 2 aliphatic rings. The lowest BCUT2D eigenvalue weighted by Crippen LogP contribution is -2.52. The van der Waals surface area contributed by atoms with Gasteiger partial charge in [-0.25, -0.2) is 0 Å². The molecule has 0 aromatic carbocycles. The molecule has 1 aliphatic heterocycles. The fraction of sp³-hybridized carbons (Fsp3) is 0.762. The van der Waals surface area contributed by atoms with Gasteiger partial charge in [0, 0.05) is 24.9 Å². The second kappa shape index (κ2) is 7.50. The third-order valence-corrected chi connectivity index (χ3v) is 7.05. The summed E-state index contributed by atoms with van der Waals surface area (Å²) in [6.45, 7) is 9.58. The van der Waals surface area contributed by atoms with Crippen molar-refractivity contribution in [2.24, 2.45) is 5.41 Å². The molecule has 1 saturated heterocycles. The predicted octanol–water partition coefficient (Wildman–Crippen LogP) is 2.60. The Morgan fingerprint density at radius 3 is 2.71 bits per heavy atom. The molecule has 4 atom stereocenters.